The maximum atomic E-state index is 13.5. The van der Waals surface area contributed by atoms with Gasteiger partial charge in [0.05, 0.1) is 23.9 Å². The van der Waals surface area contributed by atoms with E-state index >= 15 is 0 Å². The van der Waals surface area contributed by atoms with Crippen LogP contribution in [-0.2, 0) is 9.53 Å². The Morgan fingerprint density at radius 3 is 2.57 bits per heavy atom. The molecule has 4 nitrogen and oxygen atoms in total. The van der Waals surface area contributed by atoms with Crippen molar-refractivity contribution in [2.45, 2.75) is 39.0 Å². The van der Waals surface area contributed by atoms with Crippen LogP contribution in [0.5, 0.6) is 0 Å². The maximum absolute atomic E-state index is 13.5. The second-order valence-corrected chi connectivity index (χ2v) is 5.50. The molecular formula is C15H20F2N2O2. The van der Waals surface area contributed by atoms with E-state index in [1.165, 1.54) is 0 Å². The van der Waals surface area contributed by atoms with Crippen molar-refractivity contribution in [2.75, 3.05) is 18.4 Å². The monoisotopic (exact) mass is 298 g/mol. The number of hydrogen-bond donors (Lipinski definition) is 1. The first-order valence-corrected chi connectivity index (χ1v) is 7.02. The number of anilines is 1. The number of nitrogens with one attached hydrogen (secondary N) is 1. The van der Waals surface area contributed by atoms with E-state index in [4.69, 9.17) is 4.74 Å². The fraction of sp³-hybridized carbons (Fsp3) is 0.533. The molecule has 1 aromatic carbocycles. The fourth-order valence-corrected chi connectivity index (χ4v) is 2.53. The van der Waals surface area contributed by atoms with Gasteiger partial charge >= 0.3 is 0 Å². The minimum atomic E-state index is -0.652. The second kappa shape index (κ2) is 6.49. The summed E-state index contributed by atoms with van der Waals surface area (Å²) in [4.78, 5) is 14.2. The van der Waals surface area contributed by atoms with Crippen LogP contribution in [0.2, 0.25) is 0 Å². The Balaban J connectivity index is 2.04. The maximum Gasteiger partial charge on any atom is 0.241 e. The molecule has 1 aliphatic rings. The number of nitrogens with zero attached hydrogens (tertiary/aromatic N) is 1. The van der Waals surface area contributed by atoms with Gasteiger partial charge in [-0.3, -0.25) is 9.69 Å². The van der Waals surface area contributed by atoms with Gasteiger partial charge in [-0.05, 0) is 32.9 Å². The van der Waals surface area contributed by atoms with E-state index in [0.717, 1.165) is 18.2 Å². The quantitative estimate of drug-likeness (QED) is 0.931. The third-order valence-corrected chi connectivity index (χ3v) is 3.56. The number of carbonyl (C=O) groups is 1. The number of carbonyl (C=O) groups excluding carboxylic acids is 1. The first-order valence-electron chi connectivity index (χ1n) is 7.02. The average molecular weight is 298 g/mol. The SMILES string of the molecule is C[C@@H]1CN([C@@H](C)C(=O)Nc2cc(F)ccc2F)C[C@H](C)O1. The molecule has 0 spiro atoms. The number of ether oxygens (including phenoxy) is 1. The molecule has 1 fully saturated rings. The van der Waals surface area contributed by atoms with Crippen LogP contribution < -0.4 is 5.32 Å². The third kappa shape index (κ3) is 3.98. The molecule has 1 aromatic rings. The summed E-state index contributed by atoms with van der Waals surface area (Å²) in [5, 5.41) is 2.44. The Morgan fingerprint density at radius 1 is 1.33 bits per heavy atom. The van der Waals surface area contributed by atoms with Crippen LogP contribution in [0.4, 0.5) is 14.5 Å². The molecule has 0 aromatic heterocycles. The van der Waals surface area contributed by atoms with Gasteiger partial charge in [0, 0.05) is 19.2 Å². The zero-order valence-electron chi connectivity index (χ0n) is 12.4. The standard InChI is InChI=1S/C15H20F2N2O2/c1-9-7-19(8-10(2)21-9)11(3)15(20)18-14-6-12(16)4-5-13(14)17/h4-6,9-11H,7-8H2,1-3H3,(H,18,20)/t9-,10+,11-/m0/s1. The zero-order valence-corrected chi connectivity index (χ0v) is 12.4. The van der Waals surface area contributed by atoms with Gasteiger partial charge in [0.25, 0.3) is 0 Å². The molecule has 1 N–H and O–H groups in total. The third-order valence-electron chi connectivity index (χ3n) is 3.56. The van der Waals surface area contributed by atoms with Gasteiger partial charge in [0.1, 0.15) is 11.6 Å². The Morgan fingerprint density at radius 2 is 1.95 bits per heavy atom. The lowest BCUT2D eigenvalue weighted by Crippen LogP contribution is -2.52. The van der Waals surface area contributed by atoms with Crippen molar-refractivity contribution in [3.8, 4) is 0 Å². The summed E-state index contributed by atoms with van der Waals surface area (Å²) in [6, 6.07) is 2.54. The van der Waals surface area contributed by atoms with Crippen LogP contribution >= 0.6 is 0 Å². The van der Waals surface area contributed by atoms with Crippen molar-refractivity contribution in [1.29, 1.82) is 0 Å². The van der Waals surface area contributed by atoms with Crippen molar-refractivity contribution in [3.05, 3.63) is 29.8 Å². The summed E-state index contributed by atoms with van der Waals surface area (Å²) in [5.41, 5.74) is -0.138. The summed E-state index contributed by atoms with van der Waals surface area (Å²) in [5.74, 6) is -1.60. The molecule has 116 valence electrons. The van der Waals surface area contributed by atoms with E-state index in [-0.39, 0.29) is 23.8 Å². The number of halogens is 2. The average Bonchev–Trinajstić information content (AvgIpc) is 2.41. The van der Waals surface area contributed by atoms with Crippen molar-refractivity contribution in [2.24, 2.45) is 0 Å². The molecule has 0 radical (unpaired) electrons. The molecule has 1 aliphatic heterocycles. The summed E-state index contributed by atoms with van der Waals surface area (Å²) in [7, 11) is 0. The first kappa shape index (κ1) is 15.9. The van der Waals surface area contributed by atoms with E-state index in [1.54, 1.807) is 6.92 Å². The smallest absolute Gasteiger partial charge is 0.241 e. The molecule has 0 saturated carbocycles. The second-order valence-electron chi connectivity index (χ2n) is 5.50. The highest BCUT2D eigenvalue weighted by molar-refractivity contribution is 5.94. The minimum Gasteiger partial charge on any atom is -0.373 e. The van der Waals surface area contributed by atoms with Crippen molar-refractivity contribution in [3.63, 3.8) is 0 Å². The normalized spacial score (nSPS) is 24.6. The predicted molar refractivity (Wildman–Crippen MR) is 76.0 cm³/mol. The summed E-state index contributed by atoms with van der Waals surface area (Å²) < 4.78 is 32.3. The lowest BCUT2D eigenvalue weighted by molar-refractivity contribution is -0.126. The fourth-order valence-electron chi connectivity index (χ4n) is 2.53. The van der Waals surface area contributed by atoms with Crippen LogP contribution in [0, 0.1) is 11.6 Å². The molecule has 1 amide bonds. The van der Waals surface area contributed by atoms with Crippen molar-refractivity contribution >= 4 is 11.6 Å². The highest BCUT2D eigenvalue weighted by Gasteiger charge is 2.29. The van der Waals surface area contributed by atoms with E-state index < -0.39 is 17.7 Å². The number of benzene rings is 1. The topological polar surface area (TPSA) is 41.6 Å². The lowest BCUT2D eigenvalue weighted by Gasteiger charge is -2.38. The summed E-state index contributed by atoms with van der Waals surface area (Å²) >= 11 is 0. The van der Waals surface area contributed by atoms with Crippen LogP contribution in [0.25, 0.3) is 0 Å². The van der Waals surface area contributed by atoms with Gasteiger partial charge in [0.15, 0.2) is 0 Å². The van der Waals surface area contributed by atoms with Gasteiger partial charge < -0.3 is 10.1 Å². The minimum absolute atomic E-state index is 0.0369. The zero-order chi connectivity index (χ0) is 15.6. The highest BCUT2D eigenvalue weighted by atomic mass is 19.1. The lowest BCUT2D eigenvalue weighted by atomic mass is 10.1. The molecule has 0 unspecified atom stereocenters. The summed E-state index contributed by atoms with van der Waals surface area (Å²) in [6.45, 7) is 6.89. The molecule has 2 rings (SSSR count). The molecule has 1 saturated heterocycles. The number of amides is 1. The van der Waals surface area contributed by atoms with Gasteiger partial charge in [-0.25, -0.2) is 8.78 Å². The highest BCUT2D eigenvalue weighted by Crippen LogP contribution is 2.18. The van der Waals surface area contributed by atoms with Crippen molar-refractivity contribution in [1.82, 2.24) is 4.90 Å². The van der Waals surface area contributed by atoms with Gasteiger partial charge in [-0.1, -0.05) is 0 Å². The Hall–Kier alpha value is -1.53. The summed E-state index contributed by atoms with van der Waals surface area (Å²) in [6.07, 6.45) is 0.0739. The van der Waals surface area contributed by atoms with E-state index in [9.17, 15) is 13.6 Å². The van der Waals surface area contributed by atoms with E-state index in [0.29, 0.717) is 13.1 Å². The van der Waals surface area contributed by atoms with E-state index in [1.807, 2.05) is 18.7 Å². The molecule has 21 heavy (non-hydrogen) atoms. The molecule has 3 atom stereocenters. The number of morpholine rings is 1. The molecular weight excluding hydrogens is 278 g/mol. The largest absolute Gasteiger partial charge is 0.373 e. The van der Waals surface area contributed by atoms with Crippen LogP contribution in [0.1, 0.15) is 20.8 Å². The number of hydrogen-bond acceptors (Lipinski definition) is 3. The Kier molecular flexibility index (Phi) is 4.90. The molecule has 0 aliphatic carbocycles. The Labute approximate surface area is 123 Å². The van der Waals surface area contributed by atoms with Gasteiger partial charge in [-0.2, -0.15) is 0 Å². The van der Waals surface area contributed by atoms with Crippen LogP contribution in [-0.4, -0.2) is 42.1 Å². The van der Waals surface area contributed by atoms with Crippen LogP contribution in [0.15, 0.2) is 18.2 Å². The first-order chi connectivity index (χ1) is 9.86. The molecule has 1 heterocycles. The van der Waals surface area contributed by atoms with Gasteiger partial charge in [-0.15, -0.1) is 0 Å². The van der Waals surface area contributed by atoms with Crippen LogP contribution in [0.3, 0.4) is 0 Å². The van der Waals surface area contributed by atoms with Gasteiger partial charge in [0.2, 0.25) is 5.91 Å². The predicted octanol–water partition coefficient (Wildman–Crippen LogP) is 2.40. The van der Waals surface area contributed by atoms with E-state index in [2.05, 4.69) is 5.32 Å². The van der Waals surface area contributed by atoms with Crippen molar-refractivity contribution < 1.29 is 18.3 Å². The molecule has 6 heteroatoms. The number of rotatable bonds is 3. The Bertz CT molecular complexity index is 514. The molecule has 0 bridgehead atoms.